The maximum Gasteiger partial charge on any atom is 0.256 e. The number of nitrogens with zero attached hydrogens (tertiary/aromatic N) is 1. The zero-order valence-corrected chi connectivity index (χ0v) is 11.6. The molecule has 0 spiro atoms. The highest BCUT2D eigenvalue weighted by Gasteiger charge is 2.24. The largest absolute Gasteiger partial charge is 0.341 e. The van der Waals surface area contributed by atoms with Crippen LogP contribution in [0.3, 0.4) is 0 Å². The maximum atomic E-state index is 13.7. The lowest BCUT2D eigenvalue weighted by Crippen LogP contribution is -2.40. The highest BCUT2D eigenvalue weighted by molar-refractivity contribution is 6.31. The van der Waals surface area contributed by atoms with E-state index >= 15 is 0 Å². The molecule has 1 amide bonds. The molecule has 0 bridgehead atoms. The van der Waals surface area contributed by atoms with E-state index in [1.807, 2.05) is 13.8 Å². The quantitative estimate of drug-likeness (QED) is 0.916. The standard InChI is InChI=1S/C13H18ClFN2O/c1-13(2,7-16)8-17(3)12(18)9-5-4-6-10(14)11(9)15/h4-6H,7-8,16H2,1-3H3. The second-order valence-corrected chi connectivity index (χ2v) is 5.54. The van der Waals surface area contributed by atoms with E-state index in [4.69, 9.17) is 17.3 Å². The Labute approximate surface area is 112 Å². The Hall–Kier alpha value is -1.13. The monoisotopic (exact) mass is 272 g/mol. The molecule has 18 heavy (non-hydrogen) atoms. The van der Waals surface area contributed by atoms with Crippen molar-refractivity contribution in [2.24, 2.45) is 11.1 Å². The first-order valence-corrected chi connectivity index (χ1v) is 6.06. The first-order valence-electron chi connectivity index (χ1n) is 5.68. The number of halogens is 2. The van der Waals surface area contributed by atoms with Gasteiger partial charge >= 0.3 is 0 Å². The van der Waals surface area contributed by atoms with Crippen LogP contribution in [0, 0.1) is 11.2 Å². The number of hydrogen-bond acceptors (Lipinski definition) is 2. The van der Waals surface area contributed by atoms with E-state index in [0.29, 0.717) is 13.1 Å². The van der Waals surface area contributed by atoms with Crippen molar-refractivity contribution < 1.29 is 9.18 Å². The molecule has 3 nitrogen and oxygen atoms in total. The van der Waals surface area contributed by atoms with Crippen LogP contribution in [-0.2, 0) is 0 Å². The molecule has 0 radical (unpaired) electrons. The summed E-state index contributed by atoms with van der Waals surface area (Å²) in [6, 6.07) is 4.40. The zero-order chi connectivity index (χ0) is 13.9. The van der Waals surface area contributed by atoms with Crippen LogP contribution in [0.5, 0.6) is 0 Å². The fourth-order valence-electron chi connectivity index (χ4n) is 1.65. The summed E-state index contributed by atoms with van der Waals surface area (Å²) in [7, 11) is 1.63. The Kier molecular flexibility index (Phi) is 4.71. The minimum absolute atomic E-state index is 0.0159. The molecule has 0 fully saturated rings. The third-order valence-corrected chi connectivity index (χ3v) is 3.04. The van der Waals surface area contributed by atoms with Crippen molar-refractivity contribution in [2.45, 2.75) is 13.8 Å². The normalized spacial score (nSPS) is 11.4. The summed E-state index contributed by atoms with van der Waals surface area (Å²) >= 11 is 5.66. The predicted octanol–water partition coefficient (Wildman–Crippen LogP) is 2.54. The van der Waals surface area contributed by atoms with Crippen molar-refractivity contribution in [1.29, 1.82) is 0 Å². The van der Waals surface area contributed by atoms with Crippen LogP contribution >= 0.6 is 11.6 Å². The molecule has 100 valence electrons. The van der Waals surface area contributed by atoms with Gasteiger partial charge in [-0.15, -0.1) is 0 Å². The van der Waals surface area contributed by atoms with Crippen molar-refractivity contribution >= 4 is 17.5 Å². The van der Waals surface area contributed by atoms with Gasteiger partial charge in [0.2, 0.25) is 0 Å². The number of amides is 1. The van der Waals surface area contributed by atoms with Crippen LogP contribution in [0.25, 0.3) is 0 Å². The predicted molar refractivity (Wildman–Crippen MR) is 71.2 cm³/mol. The SMILES string of the molecule is CN(CC(C)(C)CN)C(=O)c1cccc(Cl)c1F. The van der Waals surface area contributed by atoms with Gasteiger partial charge in [-0.1, -0.05) is 31.5 Å². The van der Waals surface area contributed by atoms with Crippen LogP contribution in [0.2, 0.25) is 5.02 Å². The van der Waals surface area contributed by atoms with Crippen LogP contribution in [0.4, 0.5) is 4.39 Å². The van der Waals surface area contributed by atoms with Gasteiger partial charge in [0.25, 0.3) is 5.91 Å². The Morgan fingerprint density at radius 3 is 2.67 bits per heavy atom. The van der Waals surface area contributed by atoms with E-state index in [-0.39, 0.29) is 16.0 Å². The molecular formula is C13H18ClFN2O. The average molecular weight is 273 g/mol. The fourth-order valence-corrected chi connectivity index (χ4v) is 1.83. The summed E-state index contributed by atoms with van der Waals surface area (Å²) < 4.78 is 13.7. The Bertz CT molecular complexity index is 449. The van der Waals surface area contributed by atoms with Gasteiger partial charge in [0, 0.05) is 13.6 Å². The molecular weight excluding hydrogens is 255 g/mol. The molecule has 1 aromatic rings. The van der Waals surface area contributed by atoms with E-state index in [9.17, 15) is 9.18 Å². The fraction of sp³-hybridized carbons (Fsp3) is 0.462. The number of benzene rings is 1. The first-order chi connectivity index (χ1) is 8.28. The Balaban J connectivity index is 2.91. The van der Waals surface area contributed by atoms with Gasteiger partial charge in [0.15, 0.2) is 5.82 Å². The van der Waals surface area contributed by atoms with Crippen LogP contribution in [0.1, 0.15) is 24.2 Å². The van der Waals surface area contributed by atoms with E-state index in [1.165, 1.54) is 17.0 Å². The van der Waals surface area contributed by atoms with Gasteiger partial charge in [-0.2, -0.15) is 0 Å². The molecule has 0 aliphatic carbocycles. The molecule has 0 aromatic heterocycles. The smallest absolute Gasteiger partial charge is 0.256 e. The van der Waals surface area contributed by atoms with Crippen LogP contribution < -0.4 is 5.73 Å². The lowest BCUT2D eigenvalue weighted by molar-refractivity contribution is 0.0736. The molecule has 0 unspecified atom stereocenters. The second-order valence-electron chi connectivity index (χ2n) is 5.13. The molecule has 1 aromatic carbocycles. The minimum Gasteiger partial charge on any atom is -0.341 e. The lowest BCUT2D eigenvalue weighted by atomic mass is 9.93. The van der Waals surface area contributed by atoms with E-state index < -0.39 is 11.7 Å². The summed E-state index contributed by atoms with van der Waals surface area (Å²) in [6.45, 7) is 4.80. The highest BCUT2D eigenvalue weighted by atomic mass is 35.5. The van der Waals surface area contributed by atoms with Gasteiger partial charge in [0.1, 0.15) is 0 Å². The van der Waals surface area contributed by atoms with Crippen LogP contribution in [-0.4, -0.2) is 30.9 Å². The molecule has 0 aliphatic rings. The summed E-state index contributed by atoms with van der Waals surface area (Å²) in [5.74, 6) is -1.07. The molecule has 0 saturated carbocycles. The van der Waals surface area contributed by atoms with Crippen molar-refractivity contribution in [3.8, 4) is 0 Å². The third kappa shape index (κ3) is 3.43. The number of nitrogens with two attached hydrogens (primary N) is 1. The molecule has 0 aliphatic heterocycles. The first kappa shape index (κ1) is 14.9. The number of carbonyl (C=O) groups is 1. The number of hydrogen-bond donors (Lipinski definition) is 1. The summed E-state index contributed by atoms with van der Waals surface area (Å²) in [5.41, 5.74) is 5.39. The molecule has 0 atom stereocenters. The second kappa shape index (κ2) is 5.67. The summed E-state index contributed by atoms with van der Waals surface area (Å²) in [5, 5.41) is -0.0488. The average Bonchev–Trinajstić information content (AvgIpc) is 2.31. The van der Waals surface area contributed by atoms with Crippen molar-refractivity contribution in [3.05, 3.63) is 34.6 Å². The van der Waals surface area contributed by atoms with Gasteiger partial charge in [-0.3, -0.25) is 4.79 Å². The van der Waals surface area contributed by atoms with E-state index in [0.717, 1.165) is 0 Å². The Morgan fingerprint density at radius 2 is 2.11 bits per heavy atom. The Morgan fingerprint density at radius 1 is 1.50 bits per heavy atom. The van der Waals surface area contributed by atoms with Crippen molar-refractivity contribution in [1.82, 2.24) is 4.90 Å². The summed E-state index contributed by atoms with van der Waals surface area (Å²) in [6.07, 6.45) is 0. The summed E-state index contributed by atoms with van der Waals surface area (Å²) in [4.78, 5) is 13.6. The number of carbonyl (C=O) groups excluding carboxylic acids is 1. The highest BCUT2D eigenvalue weighted by Crippen LogP contribution is 2.21. The van der Waals surface area contributed by atoms with Gasteiger partial charge < -0.3 is 10.6 Å². The molecule has 0 heterocycles. The molecule has 0 saturated heterocycles. The van der Waals surface area contributed by atoms with Crippen LogP contribution in [0.15, 0.2) is 18.2 Å². The lowest BCUT2D eigenvalue weighted by Gasteiger charge is -2.29. The minimum atomic E-state index is -0.679. The van der Waals surface area contributed by atoms with Crippen molar-refractivity contribution in [3.63, 3.8) is 0 Å². The number of rotatable bonds is 4. The van der Waals surface area contributed by atoms with E-state index in [1.54, 1.807) is 13.1 Å². The maximum absolute atomic E-state index is 13.7. The van der Waals surface area contributed by atoms with E-state index in [2.05, 4.69) is 0 Å². The topological polar surface area (TPSA) is 46.3 Å². The third-order valence-electron chi connectivity index (χ3n) is 2.75. The molecule has 1 rings (SSSR count). The zero-order valence-electron chi connectivity index (χ0n) is 10.8. The molecule has 5 heteroatoms. The van der Waals surface area contributed by atoms with Crippen molar-refractivity contribution in [2.75, 3.05) is 20.1 Å². The van der Waals surface area contributed by atoms with Gasteiger partial charge in [-0.25, -0.2) is 4.39 Å². The van der Waals surface area contributed by atoms with Gasteiger partial charge in [0.05, 0.1) is 10.6 Å². The van der Waals surface area contributed by atoms with Gasteiger partial charge in [-0.05, 0) is 24.1 Å². The molecule has 2 N–H and O–H groups in total.